The van der Waals surface area contributed by atoms with Crippen LogP contribution in [0, 0.1) is 0 Å². The van der Waals surface area contributed by atoms with E-state index in [0.717, 1.165) is 5.69 Å². The minimum atomic E-state index is -0.668. The van der Waals surface area contributed by atoms with Gasteiger partial charge in [-0.1, -0.05) is 18.2 Å². The summed E-state index contributed by atoms with van der Waals surface area (Å²) in [7, 11) is 0. The van der Waals surface area contributed by atoms with Gasteiger partial charge in [-0.25, -0.2) is 4.79 Å². The lowest BCUT2D eigenvalue weighted by molar-refractivity contribution is -0.122. The molecule has 26 heavy (non-hydrogen) atoms. The maximum absolute atomic E-state index is 12.3. The first-order valence-electron chi connectivity index (χ1n) is 8.30. The number of nitrogens with one attached hydrogen (secondary N) is 3. The molecule has 0 saturated heterocycles. The topological polar surface area (TPSA) is 96.5 Å². The van der Waals surface area contributed by atoms with Crippen molar-refractivity contribution >= 4 is 34.8 Å². The maximum Gasteiger partial charge on any atom is 0.338 e. The van der Waals surface area contributed by atoms with Crippen LogP contribution in [0.5, 0.6) is 0 Å². The standard InChI is InChI=1S/C19H19N3O4/c1-2-26-19(25)12-6-5-7-13(10-12)20-17(23)11-16-18(24)22-15-9-4-3-8-14(15)21-16/h3-10,16,21H,2,11H2,1H3,(H,20,23)(H,22,24). The van der Waals surface area contributed by atoms with Crippen LogP contribution in [0.15, 0.2) is 48.5 Å². The molecule has 2 aromatic carbocycles. The number of para-hydroxylation sites is 2. The van der Waals surface area contributed by atoms with E-state index in [1.165, 1.54) is 0 Å². The molecule has 1 atom stereocenters. The summed E-state index contributed by atoms with van der Waals surface area (Å²) in [5.41, 5.74) is 2.29. The molecule has 0 aromatic heterocycles. The van der Waals surface area contributed by atoms with Gasteiger partial charge in [-0.3, -0.25) is 9.59 Å². The number of ether oxygens (including phenoxy) is 1. The van der Waals surface area contributed by atoms with Crippen molar-refractivity contribution in [1.29, 1.82) is 0 Å². The Labute approximate surface area is 150 Å². The van der Waals surface area contributed by atoms with Crippen molar-refractivity contribution in [3.05, 3.63) is 54.1 Å². The molecule has 0 saturated carbocycles. The SMILES string of the molecule is CCOC(=O)c1cccc(NC(=O)CC2Nc3ccccc3NC2=O)c1. The van der Waals surface area contributed by atoms with E-state index in [0.29, 0.717) is 16.9 Å². The molecule has 7 nitrogen and oxygen atoms in total. The van der Waals surface area contributed by atoms with Crippen LogP contribution in [0.4, 0.5) is 17.1 Å². The first kappa shape index (κ1) is 17.5. The summed E-state index contributed by atoms with van der Waals surface area (Å²) in [4.78, 5) is 36.2. The van der Waals surface area contributed by atoms with Gasteiger partial charge in [-0.05, 0) is 37.3 Å². The quantitative estimate of drug-likeness (QED) is 0.718. The van der Waals surface area contributed by atoms with Gasteiger partial charge in [0, 0.05) is 5.69 Å². The Morgan fingerprint density at radius 2 is 1.88 bits per heavy atom. The molecule has 0 bridgehead atoms. The Morgan fingerprint density at radius 3 is 2.65 bits per heavy atom. The fourth-order valence-electron chi connectivity index (χ4n) is 2.67. The Morgan fingerprint density at radius 1 is 1.12 bits per heavy atom. The van der Waals surface area contributed by atoms with Gasteiger partial charge in [-0.2, -0.15) is 0 Å². The van der Waals surface area contributed by atoms with E-state index in [4.69, 9.17) is 4.74 Å². The molecule has 134 valence electrons. The van der Waals surface area contributed by atoms with Gasteiger partial charge < -0.3 is 20.7 Å². The molecule has 2 amide bonds. The molecule has 0 aliphatic carbocycles. The third kappa shape index (κ3) is 4.00. The normalized spacial score (nSPS) is 15.3. The summed E-state index contributed by atoms with van der Waals surface area (Å²) in [5.74, 6) is -1.05. The van der Waals surface area contributed by atoms with Crippen LogP contribution in [-0.4, -0.2) is 30.4 Å². The van der Waals surface area contributed by atoms with Crippen LogP contribution in [-0.2, 0) is 14.3 Å². The number of hydrogen-bond donors (Lipinski definition) is 3. The highest BCUT2D eigenvalue weighted by Crippen LogP contribution is 2.26. The van der Waals surface area contributed by atoms with Crippen molar-refractivity contribution in [2.75, 3.05) is 22.6 Å². The molecule has 1 heterocycles. The number of carbonyl (C=O) groups excluding carboxylic acids is 3. The number of anilines is 3. The van der Waals surface area contributed by atoms with Gasteiger partial charge in [-0.15, -0.1) is 0 Å². The van der Waals surface area contributed by atoms with Gasteiger partial charge in [0.2, 0.25) is 11.8 Å². The number of amides is 2. The monoisotopic (exact) mass is 353 g/mol. The predicted molar refractivity (Wildman–Crippen MR) is 98.1 cm³/mol. The molecular weight excluding hydrogens is 334 g/mol. The van der Waals surface area contributed by atoms with Gasteiger partial charge in [0.25, 0.3) is 0 Å². The van der Waals surface area contributed by atoms with Crippen molar-refractivity contribution in [2.24, 2.45) is 0 Å². The van der Waals surface area contributed by atoms with Crippen LogP contribution < -0.4 is 16.0 Å². The number of benzene rings is 2. The summed E-state index contributed by atoms with van der Waals surface area (Å²) < 4.78 is 4.94. The molecule has 2 aromatic rings. The fourth-order valence-corrected chi connectivity index (χ4v) is 2.67. The van der Waals surface area contributed by atoms with Crippen LogP contribution in [0.2, 0.25) is 0 Å². The lowest BCUT2D eigenvalue weighted by Crippen LogP contribution is -2.41. The molecule has 0 spiro atoms. The summed E-state index contributed by atoms with van der Waals surface area (Å²) >= 11 is 0. The molecule has 3 N–H and O–H groups in total. The number of carbonyl (C=O) groups is 3. The Balaban J connectivity index is 1.63. The van der Waals surface area contributed by atoms with Crippen molar-refractivity contribution < 1.29 is 19.1 Å². The van der Waals surface area contributed by atoms with E-state index in [1.54, 1.807) is 37.3 Å². The van der Waals surface area contributed by atoms with Crippen LogP contribution in [0.1, 0.15) is 23.7 Å². The van der Waals surface area contributed by atoms with Crippen molar-refractivity contribution in [3.63, 3.8) is 0 Å². The molecular formula is C19H19N3O4. The molecule has 0 fully saturated rings. The number of esters is 1. The Kier molecular flexibility index (Phi) is 5.17. The summed E-state index contributed by atoms with van der Waals surface area (Å²) in [6.07, 6.45) is -0.0379. The van der Waals surface area contributed by atoms with Crippen molar-refractivity contribution in [1.82, 2.24) is 0 Å². The van der Waals surface area contributed by atoms with Crippen LogP contribution >= 0.6 is 0 Å². The number of hydrogen-bond acceptors (Lipinski definition) is 5. The van der Waals surface area contributed by atoms with E-state index in [2.05, 4.69) is 16.0 Å². The van der Waals surface area contributed by atoms with E-state index in [9.17, 15) is 14.4 Å². The zero-order chi connectivity index (χ0) is 18.5. The van der Waals surface area contributed by atoms with Crippen LogP contribution in [0.25, 0.3) is 0 Å². The van der Waals surface area contributed by atoms with Gasteiger partial charge >= 0.3 is 5.97 Å². The van der Waals surface area contributed by atoms with Crippen molar-refractivity contribution in [3.8, 4) is 0 Å². The zero-order valence-electron chi connectivity index (χ0n) is 14.2. The molecule has 7 heteroatoms. The third-order valence-corrected chi connectivity index (χ3v) is 3.88. The molecule has 1 unspecified atom stereocenters. The summed E-state index contributed by atoms with van der Waals surface area (Å²) in [6, 6.07) is 13.1. The summed E-state index contributed by atoms with van der Waals surface area (Å²) in [6.45, 7) is 2.00. The number of fused-ring (bicyclic) bond motifs is 1. The molecule has 3 rings (SSSR count). The molecule has 0 radical (unpaired) electrons. The summed E-state index contributed by atoms with van der Waals surface area (Å²) in [5, 5.41) is 8.54. The average molecular weight is 353 g/mol. The van der Waals surface area contributed by atoms with E-state index in [1.807, 2.05) is 18.2 Å². The van der Waals surface area contributed by atoms with Crippen molar-refractivity contribution in [2.45, 2.75) is 19.4 Å². The Bertz CT molecular complexity index is 850. The third-order valence-electron chi connectivity index (χ3n) is 3.88. The highest BCUT2D eigenvalue weighted by atomic mass is 16.5. The van der Waals surface area contributed by atoms with Crippen LogP contribution in [0.3, 0.4) is 0 Å². The fraction of sp³-hybridized carbons (Fsp3) is 0.211. The minimum absolute atomic E-state index is 0.0379. The van der Waals surface area contributed by atoms with E-state index >= 15 is 0 Å². The second-order valence-electron chi connectivity index (χ2n) is 5.79. The highest BCUT2D eigenvalue weighted by molar-refractivity contribution is 6.06. The second kappa shape index (κ2) is 7.69. The van der Waals surface area contributed by atoms with E-state index < -0.39 is 12.0 Å². The first-order valence-corrected chi connectivity index (χ1v) is 8.30. The van der Waals surface area contributed by atoms with Gasteiger partial charge in [0.1, 0.15) is 6.04 Å². The second-order valence-corrected chi connectivity index (χ2v) is 5.79. The smallest absolute Gasteiger partial charge is 0.338 e. The molecule has 1 aliphatic heterocycles. The Hall–Kier alpha value is -3.35. The minimum Gasteiger partial charge on any atom is -0.462 e. The largest absolute Gasteiger partial charge is 0.462 e. The van der Waals surface area contributed by atoms with E-state index in [-0.39, 0.29) is 24.8 Å². The highest BCUT2D eigenvalue weighted by Gasteiger charge is 2.27. The molecule has 1 aliphatic rings. The number of rotatable bonds is 5. The maximum atomic E-state index is 12.3. The lowest BCUT2D eigenvalue weighted by Gasteiger charge is -2.26. The zero-order valence-corrected chi connectivity index (χ0v) is 14.2. The average Bonchev–Trinajstić information content (AvgIpc) is 2.62. The first-order chi connectivity index (χ1) is 12.6. The van der Waals surface area contributed by atoms with Gasteiger partial charge in [0.15, 0.2) is 0 Å². The lowest BCUT2D eigenvalue weighted by atomic mass is 10.1. The van der Waals surface area contributed by atoms with Gasteiger partial charge in [0.05, 0.1) is 30.0 Å². The predicted octanol–water partition coefficient (Wildman–Crippen LogP) is 2.62.